The molecule has 0 saturated heterocycles. The third-order valence-corrected chi connectivity index (χ3v) is 8.07. The van der Waals surface area contributed by atoms with E-state index in [9.17, 15) is 23.6 Å². The second-order valence-corrected chi connectivity index (χ2v) is 9.78. The molecule has 5 nitrogen and oxygen atoms in total. The summed E-state index contributed by atoms with van der Waals surface area (Å²) in [6.07, 6.45) is 0. The smallest absolute Gasteiger partial charge is 0.335 e. The first-order valence-corrected chi connectivity index (χ1v) is 12.1. The van der Waals surface area contributed by atoms with Gasteiger partial charge in [0.2, 0.25) is 9.84 Å². The summed E-state index contributed by atoms with van der Waals surface area (Å²) in [6, 6.07) is 25.2. The quantitative estimate of drug-likeness (QED) is 0.446. The lowest BCUT2D eigenvalue weighted by Gasteiger charge is -2.26. The van der Waals surface area contributed by atoms with Crippen molar-refractivity contribution in [1.29, 1.82) is 5.26 Å². The number of allylic oxidation sites excluding steroid dienone is 4. The molecule has 3 aromatic carbocycles. The molecule has 1 N–H and O–H groups in total. The van der Waals surface area contributed by atoms with Gasteiger partial charge in [-0.1, -0.05) is 84.4 Å². The second-order valence-electron chi connectivity index (χ2n) is 7.58. The van der Waals surface area contributed by atoms with Crippen molar-refractivity contribution in [2.45, 2.75) is 6.92 Å². The first-order valence-electron chi connectivity index (χ1n) is 10.2. The molecule has 34 heavy (non-hydrogen) atoms. The number of rotatable bonds is 4. The molecule has 0 unspecified atom stereocenters. The average Bonchev–Trinajstić information content (AvgIpc) is 2.83. The van der Waals surface area contributed by atoms with Crippen LogP contribution >= 0.6 is 11.6 Å². The number of nitrogens with zero attached hydrogens (tertiary/aromatic N) is 1. The Kier molecular flexibility index (Phi) is 6.25. The van der Waals surface area contributed by atoms with Crippen LogP contribution in [-0.4, -0.2) is 19.5 Å². The van der Waals surface area contributed by atoms with Crippen molar-refractivity contribution in [2.75, 3.05) is 0 Å². The highest BCUT2D eigenvalue weighted by Gasteiger charge is 2.38. The van der Waals surface area contributed by atoms with Gasteiger partial charge in [-0.2, -0.15) is 5.26 Å². The Morgan fingerprint density at radius 3 is 1.88 bits per heavy atom. The fourth-order valence-electron chi connectivity index (χ4n) is 3.99. The molecule has 1 heterocycles. The monoisotopic (exact) mass is 487 g/mol. The third kappa shape index (κ3) is 3.96. The van der Waals surface area contributed by atoms with Gasteiger partial charge < -0.3 is 5.11 Å². The van der Waals surface area contributed by atoms with Gasteiger partial charge in [-0.15, -0.1) is 0 Å². The highest BCUT2D eigenvalue weighted by molar-refractivity contribution is 8.09. The molecule has 0 radical (unpaired) electrons. The first-order chi connectivity index (χ1) is 16.3. The largest absolute Gasteiger partial charge is 0.478 e. The Hall–Kier alpha value is -3.92. The predicted molar refractivity (Wildman–Crippen MR) is 133 cm³/mol. The normalized spacial score (nSPS) is 16.7. The summed E-state index contributed by atoms with van der Waals surface area (Å²) in [5.74, 6) is -1.13. The van der Waals surface area contributed by atoms with Crippen LogP contribution in [0.5, 0.6) is 0 Å². The second kappa shape index (κ2) is 9.14. The van der Waals surface area contributed by atoms with Crippen molar-refractivity contribution in [2.24, 2.45) is 0 Å². The maximum absolute atomic E-state index is 13.9. The van der Waals surface area contributed by atoms with Crippen LogP contribution < -0.4 is 0 Å². The minimum atomic E-state index is -4.12. The molecule has 168 valence electrons. The lowest BCUT2D eigenvalue weighted by molar-refractivity contribution is 0.0697. The molecule has 0 atom stereocenters. The van der Waals surface area contributed by atoms with Crippen LogP contribution in [0.1, 0.15) is 34.0 Å². The Morgan fingerprint density at radius 2 is 1.35 bits per heavy atom. The molecule has 4 rings (SSSR count). The molecular weight excluding hydrogens is 470 g/mol. The molecule has 0 saturated carbocycles. The van der Waals surface area contributed by atoms with E-state index in [1.54, 1.807) is 61.5 Å². The zero-order valence-electron chi connectivity index (χ0n) is 18.0. The van der Waals surface area contributed by atoms with Crippen LogP contribution in [0.4, 0.5) is 0 Å². The minimum absolute atomic E-state index is 0.0152. The van der Waals surface area contributed by atoms with E-state index in [0.29, 0.717) is 22.3 Å². The molecule has 0 spiro atoms. The standard InChI is InChI=1S/C27H18ClNO4S/c1-17-23(22(16-29)18-8-4-2-5-9-18)24(28)26(20-12-14-21(15-13-20)27(30)31)34(32,33)25(17)19-10-6-3-7-11-19/h2-15H,1H3,(H,30,31)/b23-22+. The molecule has 0 bridgehead atoms. The number of carboxylic acids is 1. The lowest BCUT2D eigenvalue weighted by Crippen LogP contribution is -2.16. The van der Waals surface area contributed by atoms with Crippen LogP contribution in [0, 0.1) is 11.3 Å². The zero-order chi connectivity index (χ0) is 24.5. The van der Waals surface area contributed by atoms with Gasteiger partial charge in [-0.05, 0) is 41.3 Å². The van der Waals surface area contributed by atoms with Gasteiger partial charge in [0.15, 0.2) is 0 Å². The van der Waals surface area contributed by atoms with Gasteiger partial charge in [0.25, 0.3) is 0 Å². The lowest BCUT2D eigenvalue weighted by atomic mass is 9.93. The fraction of sp³-hybridized carbons (Fsp3) is 0.0370. The third-order valence-electron chi connectivity index (χ3n) is 5.53. The molecule has 0 fully saturated rings. The summed E-state index contributed by atoms with van der Waals surface area (Å²) >= 11 is 6.78. The number of hydrogen-bond donors (Lipinski definition) is 1. The van der Waals surface area contributed by atoms with Crippen LogP contribution in [0.25, 0.3) is 15.4 Å². The zero-order valence-corrected chi connectivity index (χ0v) is 19.6. The van der Waals surface area contributed by atoms with E-state index in [2.05, 4.69) is 6.07 Å². The average molecular weight is 488 g/mol. The highest BCUT2D eigenvalue weighted by atomic mass is 35.5. The van der Waals surface area contributed by atoms with Crippen molar-refractivity contribution >= 4 is 42.8 Å². The van der Waals surface area contributed by atoms with Gasteiger partial charge in [0.1, 0.15) is 6.07 Å². The highest BCUT2D eigenvalue weighted by Crippen LogP contribution is 2.49. The van der Waals surface area contributed by atoms with Gasteiger partial charge in [-0.25, -0.2) is 13.2 Å². The number of carbonyl (C=O) groups is 1. The minimum Gasteiger partial charge on any atom is -0.478 e. The van der Waals surface area contributed by atoms with E-state index in [1.807, 2.05) is 6.07 Å². The fourth-order valence-corrected chi connectivity index (χ4v) is 6.58. The predicted octanol–water partition coefficient (Wildman–Crippen LogP) is 6.13. The number of halogens is 1. The van der Waals surface area contributed by atoms with Gasteiger partial charge in [-0.3, -0.25) is 0 Å². The Balaban J connectivity index is 2.11. The summed E-state index contributed by atoms with van der Waals surface area (Å²) in [4.78, 5) is 11.2. The topological polar surface area (TPSA) is 95.2 Å². The summed E-state index contributed by atoms with van der Waals surface area (Å²) < 4.78 is 27.8. The molecule has 1 aliphatic heterocycles. The van der Waals surface area contributed by atoms with Crippen LogP contribution in [0.2, 0.25) is 0 Å². The number of hydrogen-bond acceptors (Lipinski definition) is 4. The van der Waals surface area contributed by atoms with E-state index in [1.165, 1.54) is 24.3 Å². The van der Waals surface area contributed by atoms with E-state index < -0.39 is 15.8 Å². The van der Waals surface area contributed by atoms with Gasteiger partial charge in [0, 0.05) is 5.57 Å². The number of nitriles is 1. The van der Waals surface area contributed by atoms with Crippen molar-refractivity contribution in [3.05, 3.63) is 123 Å². The summed E-state index contributed by atoms with van der Waals surface area (Å²) in [5.41, 5.74) is 2.24. The van der Waals surface area contributed by atoms with Crippen molar-refractivity contribution in [1.82, 2.24) is 0 Å². The van der Waals surface area contributed by atoms with E-state index in [0.717, 1.165) is 0 Å². The molecule has 0 aromatic heterocycles. The summed E-state index contributed by atoms with van der Waals surface area (Å²) in [5, 5.41) is 19.2. The number of aromatic carboxylic acids is 1. The van der Waals surface area contributed by atoms with Crippen molar-refractivity contribution in [3.63, 3.8) is 0 Å². The van der Waals surface area contributed by atoms with E-state index >= 15 is 0 Å². The van der Waals surface area contributed by atoms with E-state index in [-0.39, 0.29) is 31.5 Å². The molecule has 7 heteroatoms. The van der Waals surface area contributed by atoms with Crippen molar-refractivity contribution in [3.8, 4) is 6.07 Å². The van der Waals surface area contributed by atoms with Crippen LogP contribution in [0.3, 0.4) is 0 Å². The van der Waals surface area contributed by atoms with Crippen LogP contribution in [0.15, 0.2) is 101 Å². The molecule has 3 aromatic rings. The molecular formula is C27H18ClNO4S. The molecule has 0 amide bonds. The first kappa shape index (κ1) is 23.2. The number of sulfone groups is 1. The van der Waals surface area contributed by atoms with Gasteiger partial charge in [0.05, 0.1) is 26.0 Å². The molecule has 0 aliphatic carbocycles. The Bertz CT molecular complexity index is 1530. The number of carboxylic acid groups (broad SMARTS) is 1. The summed E-state index contributed by atoms with van der Waals surface area (Å²) in [7, 11) is -4.12. The summed E-state index contributed by atoms with van der Waals surface area (Å²) in [6.45, 7) is 1.64. The number of benzene rings is 3. The maximum Gasteiger partial charge on any atom is 0.335 e. The Morgan fingerprint density at radius 1 is 0.824 bits per heavy atom. The van der Waals surface area contributed by atoms with Crippen LogP contribution in [-0.2, 0) is 9.84 Å². The maximum atomic E-state index is 13.9. The van der Waals surface area contributed by atoms with Gasteiger partial charge >= 0.3 is 5.97 Å². The Labute approximate surface area is 202 Å². The van der Waals surface area contributed by atoms with E-state index in [4.69, 9.17) is 11.6 Å². The molecule has 1 aliphatic rings. The SMILES string of the molecule is CC1=C(c2ccccc2)S(=O)(=O)C(c2ccc(C(=O)O)cc2)=C(Cl)/C1=C(\C#N)c1ccccc1. The van der Waals surface area contributed by atoms with Crippen molar-refractivity contribution < 1.29 is 18.3 Å².